The van der Waals surface area contributed by atoms with Crippen LogP contribution in [-0.2, 0) is 14.3 Å². The average Bonchev–Trinajstić information content (AvgIpc) is 2.38. The fourth-order valence-electron chi connectivity index (χ4n) is 1.47. The Labute approximate surface area is 112 Å². The Morgan fingerprint density at radius 1 is 1.32 bits per heavy atom. The number of benzene rings is 1. The normalized spacial score (nSPS) is 11.5. The van der Waals surface area contributed by atoms with E-state index in [1.54, 1.807) is 19.9 Å². The Balaban J connectivity index is 2.40. The molecule has 1 unspecified atom stereocenters. The van der Waals surface area contributed by atoms with Crippen LogP contribution >= 0.6 is 0 Å². The van der Waals surface area contributed by atoms with Gasteiger partial charge in [-0.2, -0.15) is 0 Å². The summed E-state index contributed by atoms with van der Waals surface area (Å²) in [6.45, 7) is 5.35. The fourth-order valence-corrected chi connectivity index (χ4v) is 1.47. The lowest BCUT2D eigenvalue weighted by molar-refractivity contribution is -0.147. The summed E-state index contributed by atoms with van der Waals surface area (Å²) >= 11 is 0. The molecule has 0 aliphatic heterocycles. The van der Waals surface area contributed by atoms with Gasteiger partial charge in [0, 0.05) is 0 Å². The zero-order valence-corrected chi connectivity index (χ0v) is 11.4. The summed E-state index contributed by atoms with van der Waals surface area (Å²) in [5.41, 5.74) is 0.953. The van der Waals surface area contributed by atoms with E-state index in [2.05, 4.69) is 5.32 Å². The average molecular weight is 265 g/mol. The van der Waals surface area contributed by atoms with Crippen molar-refractivity contribution in [3.63, 3.8) is 0 Å². The van der Waals surface area contributed by atoms with Crippen LogP contribution in [0, 0.1) is 6.92 Å². The third-order valence-electron chi connectivity index (χ3n) is 2.47. The molecule has 1 atom stereocenters. The molecule has 0 saturated carbocycles. The van der Waals surface area contributed by atoms with Crippen molar-refractivity contribution in [2.24, 2.45) is 0 Å². The lowest BCUT2D eigenvalue weighted by atomic mass is 10.2. The topological polar surface area (TPSA) is 64.6 Å². The van der Waals surface area contributed by atoms with Crippen LogP contribution in [0.25, 0.3) is 0 Å². The standard InChI is InChI=1S/C14H19NO4/c1-4-18-14(17)11(3)15-13(16)9-19-12-8-6-5-7-10(12)2/h5-8,11H,4,9H2,1-3H3,(H,15,16). The first-order chi connectivity index (χ1) is 9.04. The third kappa shape index (κ3) is 4.99. The van der Waals surface area contributed by atoms with E-state index >= 15 is 0 Å². The number of ether oxygens (including phenoxy) is 2. The number of aryl methyl sites for hydroxylation is 1. The maximum atomic E-state index is 11.6. The Bertz CT molecular complexity index is 445. The molecule has 5 heteroatoms. The minimum absolute atomic E-state index is 0.130. The molecule has 104 valence electrons. The second kappa shape index (κ2) is 7.41. The molecule has 0 aliphatic rings. The molecule has 0 bridgehead atoms. The van der Waals surface area contributed by atoms with Gasteiger partial charge in [-0.1, -0.05) is 18.2 Å². The highest BCUT2D eigenvalue weighted by molar-refractivity contribution is 5.84. The van der Waals surface area contributed by atoms with Gasteiger partial charge in [0.25, 0.3) is 5.91 Å². The predicted octanol–water partition coefficient (Wildman–Crippen LogP) is 1.44. The van der Waals surface area contributed by atoms with Gasteiger partial charge in [0.1, 0.15) is 11.8 Å². The summed E-state index contributed by atoms with van der Waals surface area (Å²) in [6, 6.07) is 6.74. The van der Waals surface area contributed by atoms with E-state index < -0.39 is 12.0 Å². The molecule has 0 spiro atoms. The Kier molecular flexibility index (Phi) is 5.85. The van der Waals surface area contributed by atoms with Crippen LogP contribution in [0.1, 0.15) is 19.4 Å². The highest BCUT2D eigenvalue weighted by Gasteiger charge is 2.16. The molecule has 19 heavy (non-hydrogen) atoms. The number of amides is 1. The monoisotopic (exact) mass is 265 g/mol. The lowest BCUT2D eigenvalue weighted by Gasteiger charge is -2.13. The predicted molar refractivity (Wildman–Crippen MR) is 70.9 cm³/mol. The van der Waals surface area contributed by atoms with Crippen molar-refractivity contribution in [3.8, 4) is 5.75 Å². The summed E-state index contributed by atoms with van der Waals surface area (Å²) in [4.78, 5) is 22.9. The molecule has 0 heterocycles. The Morgan fingerprint density at radius 3 is 2.63 bits per heavy atom. The van der Waals surface area contributed by atoms with E-state index in [1.807, 2.05) is 25.1 Å². The quantitative estimate of drug-likeness (QED) is 0.790. The SMILES string of the molecule is CCOC(=O)C(C)NC(=O)COc1ccccc1C. The van der Waals surface area contributed by atoms with E-state index in [0.717, 1.165) is 5.56 Å². The highest BCUT2D eigenvalue weighted by Crippen LogP contribution is 2.15. The molecule has 0 fully saturated rings. The van der Waals surface area contributed by atoms with Gasteiger partial charge >= 0.3 is 5.97 Å². The van der Waals surface area contributed by atoms with Crippen LogP contribution in [0.2, 0.25) is 0 Å². The Morgan fingerprint density at radius 2 is 2.00 bits per heavy atom. The highest BCUT2D eigenvalue weighted by atomic mass is 16.5. The number of carbonyl (C=O) groups excluding carboxylic acids is 2. The van der Waals surface area contributed by atoms with Gasteiger partial charge in [-0.15, -0.1) is 0 Å². The maximum absolute atomic E-state index is 11.6. The largest absolute Gasteiger partial charge is 0.484 e. The van der Waals surface area contributed by atoms with E-state index in [-0.39, 0.29) is 12.5 Å². The first kappa shape index (κ1) is 15.0. The van der Waals surface area contributed by atoms with E-state index in [4.69, 9.17) is 9.47 Å². The van der Waals surface area contributed by atoms with Crippen LogP contribution in [0.15, 0.2) is 24.3 Å². The van der Waals surface area contributed by atoms with Gasteiger partial charge in [-0.05, 0) is 32.4 Å². The summed E-state index contributed by atoms with van der Waals surface area (Å²) in [5, 5.41) is 2.52. The van der Waals surface area contributed by atoms with Crippen molar-refractivity contribution < 1.29 is 19.1 Å². The molecular weight excluding hydrogens is 246 g/mol. The fraction of sp³-hybridized carbons (Fsp3) is 0.429. The van der Waals surface area contributed by atoms with Crippen LogP contribution in [0.5, 0.6) is 5.75 Å². The van der Waals surface area contributed by atoms with E-state index in [9.17, 15) is 9.59 Å². The molecule has 1 N–H and O–H groups in total. The van der Waals surface area contributed by atoms with Gasteiger partial charge in [0.05, 0.1) is 6.61 Å². The second-order valence-corrected chi connectivity index (χ2v) is 4.10. The van der Waals surface area contributed by atoms with E-state index in [0.29, 0.717) is 12.4 Å². The zero-order chi connectivity index (χ0) is 14.3. The third-order valence-corrected chi connectivity index (χ3v) is 2.47. The van der Waals surface area contributed by atoms with Crippen molar-refractivity contribution >= 4 is 11.9 Å². The van der Waals surface area contributed by atoms with Crippen LogP contribution in [0.4, 0.5) is 0 Å². The first-order valence-electron chi connectivity index (χ1n) is 6.19. The molecule has 5 nitrogen and oxygen atoms in total. The first-order valence-corrected chi connectivity index (χ1v) is 6.19. The smallest absolute Gasteiger partial charge is 0.328 e. The molecule has 0 saturated heterocycles. The minimum atomic E-state index is -0.673. The molecule has 1 rings (SSSR count). The van der Waals surface area contributed by atoms with Gasteiger partial charge in [-0.25, -0.2) is 4.79 Å². The molecule has 0 aliphatic carbocycles. The van der Waals surface area contributed by atoms with Gasteiger partial charge in [0.2, 0.25) is 0 Å². The number of hydrogen-bond acceptors (Lipinski definition) is 4. The zero-order valence-electron chi connectivity index (χ0n) is 11.4. The van der Waals surface area contributed by atoms with Crippen molar-refractivity contribution in [1.82, 2.24) is 5.32 Å². The van der Waals surface area contributed by atoms with Gasteiger partial charge < -0.3 is 14.8 Å². The minimum Gasteiger partial charge on any atom is -0.484 e. The molecular formula is C14H19NO4. The summed E-state index contributed by atoms with van der Waals surface area (Å²) in [7, 11) is 0. The van der Waals surface area contributed by atoms with Crippen molar-refractivity contribution in [1.29, 1.82) is 0 Å². The number of hydrogen-bond donors (Lipinski definition) is 1. The number of rotatable bonds is 6. The molecule has 0 radical (unpaired) electrons. The molecule has 0 aromatic heterocycles. The van der Waals surface area contributed by atoms with Crippen LogP contribution in [0.3, 0.4) is 0 Å². The number of para-hydroxylation sites is 1. The summed E-state index contributed by atoms with van der Waals surface area (Å²) in [5.74, 6) is -0.156. The second-order valence-electron chi connectivity index (χ2n) is 4.10. The van der Waals surface area contributed by atoms with Crippen molar-refractivity contribution in [3.05, 3.63) is 29.8 Å². The molecule has 1 aromatic carbocycles. The van der Waals surface area contributed by atoms with E-state index in [1.165, 1.54) is 0 Å². The lowest BCUT2D eigenvalue weighted by Crippen LogP contribution is -2.41. The van der Waals surface area contributed by atoms with Crippen molar-refractivity contribution in [2.45, 2.75) is 26.8 Å². The van der Waals surface area contributed by atoms with Crippen LogP contribution in [-0.4, -0.2) is 31.1 Å². The summed E-state index contributed by atoms with van der Waals surface area (Å²) < 4.78 is 10.2. The molecule has 1 amide bonds. The number of esters is 1. The summed E-state index contributed by atoms with van der Waals surface area (Å²) in [6.07, 6.45) is 0. The number of nitrogens with one attached hydrogen (secondary N) is 1. The Hall–Kier alpha value is -2.04. The number of carbonyl (C=O) groups is 2. The van der Waals surface area contributed by atoms with Crippen LogP contribution < -0.4 is 10.1 Å². The molecule has 1 aromatic rings. The van der Waals surface area contributed by atoms with Gasteiger partial charge in [-0.3, -0.25) is 4.79 Å². The van der Waals surface area contributed by atoms with Gasteiger partial charge in [0.15, 0.2) is 6.61 Å². The van der Waals surface area contributed by atoms with Crippen molar-refractivity contribution in [2.75, 3.05) is 13.2 Å². The maximum Gasteiger partial charge on any atom is 0.328 e.